The van der Waals surface area contributed by atoms with Gasteiger partial charge in [-0.15, -0.1) is 0 Å². The number of hydrogen-bond acceptors (Lipinski definition) is 5. The van der Waals surface area contributed by atoms with Crippen LogP contribution < -0.4 is 0 Å². The van der Waals surface area contributed by atoms with Crippen LogP contribution in [0.25, 0.3) is 21.9 Å². The molecule has 1 saturated heterocycles. The van der Waals surface area contributed by atoms with Crippen molar-refractivity contribution in [1.82, 2.24) is 9.80 Å². The topological polar surface area (TPSA) is 80.1 Å². The Morgan fingerprint density at radius 1 is 0.824 bits per heavy atom. The van der Waals surface area contributed by atoms with E-state index >= 15 is 0 Å². The molecule has 1 aliphatic heterocycles. The van der Waals surface area contributed by atoms with Gasteiger partial charge in [0.2, 0.25) is 5.91 Å². The van der Waals surface area contributed by atoms with Crippen LogP contribution in [0.15, 0.2) is 82.1 Å². The Morgan fingerprint density at radius 3 is 2.29 bits per heavy atom. The molecule has 1 unspecified atom stereocenters. The number of benzene rings is 3. The van der Waals surface area contributed by atoms with Crippen molar-refractivity contribution < 1.29 is 23.0 Å². The summed E-state index contributed by atoms with van der Waals surface area (Å²) in [4.78, 5) is 29.0. The largest absolute Gasteiger partial charge is 0.456 e. The van der Waals surface area contributed by atoms with Crippen LogP contribution in [-0.4, -0.2) is 57.9 Å². The number of carbonyl (C=O) groups excluding carboxylic acids is 2. The highest BCUT2D eigenvalue weighted by Crippen LogP contribution is 2.30. The average molecular weight is 477 g/mol. The molecule has 2 amide bonds. The lowest BCUT2D eigenvalue weighted by atomic mass is 10.1. The number of ether oxygens (including phenoxy) is 1. The van der Waals surface area contributed by atoms with Gasteiger partial charge in [0.05, 0.1) is 10.8 Å². The van der Waals surface area contributed by atoms with Crippen LogP contribution in [0, 0.1) is 0 Å². The molecule has 8 heteroatoms. The van der Waals surface area contributed by atoms with Gasteiger partial charge in [0.15, 0.2) is 0 Å². The molecule has 174 valence electrons. The zero-order chi connectivity index (χ0) is 23.5. The highest BCUT2D eigenvalue weighted by Gasteiger charge is 2.26. The molecule has 0 N–H and O–H groups in total. The van der Waals surface area contributed by atoms with Crippen LogP contribution in [0.3, 0.4) is 0 Å². The number of fused-ring (bicyclic) bond motifs is 3. The quantitative estimate of drug-likeness (QED) is 0.432. The van der Waals surface area contributed by atoms with Crippen molar-refractivity contribution in [2.75, 3.05) is 31.9 Å². The maximum Gasteiger partial charge on any atom is 0.410 e. The van der Waals surface area contributed by atoms with Gasteiger partial charge in [0.1, 0.15) is 23.5 Å². The maximum atomic E-state index is 12.9. The molecule has 3 aromatic carbocycles. The van der Waals surface area contributed by atoms with Crippen molar-refractivity contribution in [2.45, 2.75) is 11.5 Å². The van der Waals surface area contributed by atoms with Crippen LogP contribution in [0.5, 0.6) is 0 Å². The Kier molecular flexibility index (Phi) is 6.31. The zero-order valence-electron chi connectivity index (χ0n) is 18.5. The SMILES string of the molecule is O=C(CS(=O)c1ccc2oc3ccccc3c2c1)N1CCN(C(=O)OCc2ccccc2)CC1. The normalized spacial score (nSPS) is 14.9. The van der Waals surface area contributed by atoms with Gasteiger partial charge in [-0.25, -0.2) is 4.79 Å². The first-order chi connectivity index (χ1) is 16.6. The number of nitrogens with zero attached hydrogens (tertiary/aromatic N) is 2. The molecule has 4 aromatic rings. The summed E-state index contributed by atoms with van der Waals surface area (Å²) < 4.78 is 24.1. The second-order valence-corrected chi connectivity index (χ2v) is 9.61. The second-order valence-electron chi connectivity index (χ2n) is 8.15. The fourth-order valence-electron chi connectivity index (χ4n) is 4.08. The third-order valence-electron chi connectivity index (χ3n) is 5.96. The first kappa shape index (κ1) is 22.2. The van der Waals surface area contributed by atoms with Crippen molar-refractivity contribution in [3.63, 3.8) is 0 Å². The highest BCUT2D eigenvalue weighted by atomic mass is 32.2. The third-order valence-corrected chi connectivity index (χ3v) is 7.25. The van der Waals surface area contributed by atoms with Gasteiger partial charge in [0.25, 0.3) is 0 Å². The van der Waals surface area contributed by atoms with Gasteiger partial charge in [-0.05, 0) is 29.8 Å². The minimum atomic E-state index is -1.48. The lowest BCUT2D eigenvalue weighted by Crippen LogP contribution is -2.51. The molecule has 1 aliphatic rings. The van der Waals surface area contributed by atoms with Crippen molar-refractivity contribution in [2.24, 2.45) is 0 Å². The van der Waals surface area contributed by atoms with Crippen LogP contribution in [0.4, 0.5) is 4.79 Å². The van der Waals surface area contributed by atoms with E-state index < -0.39 is 10.8 Å². The number of rotatable bonds is 5. The lowest BCUT2D eigenvalue weighted by molar-refractivity contribution is -0.130. The smallest absolute Gasteiger partial charge is 0.410 e. The first-order valence-electron chi connectivity index (χ1n) is 11.1. The molecule has 0 aliphatic carbocycles. The Bertz CT molecular complexity index is 1360. The third kappa shape index (κ3) is 4.68. The Morgan fingerprint density at radius 2 is 1.50 bits per heavy atom. The van der Waals surface area contributed by atoms with E-state index in [4.69, 9.17) is 9.15 Å². The summed E-state index contributed by atoms with van der Waals surface area (Å²) in [5, 5.41) is 1.84. The summed E-state index contributed by atoms with van der Waals surface area (Å²) in [6.07, 6.45) is -0.389. The predicted octanol–water partition coefficient (Wildman–Crippen LogP) is 4.17. The molecule has 7 nitrogen and oxygen atoms in total. The monoisotopic (exact) mass is 476 g/mol. The van der Waals surface area contributed by atoms with Crippen molar-refractivity contribution >= 4 is 44.7 Å². The lowest BCUT2D eigenvalue weighted by Gasteiger charge is -2.34. The molecule has 0 bridgehead atoms. The molecular formula is C26H24N2O5S. The van der Waals surface area contributed by atoms with E-state index in [9.17, 15) is 13.8 Å². The first-order valence-corrected chi connectivity index (χ1v) is 12.4. The summed E-state index contributed by atoms with van der Waals surface area (Å²) in [5.41, 5.74) is 2.42. The van der Waals surface area contributed by atoms with Crippen molar-refractivity contribution in [1.29, 1.82) is 0 Å². The molecule has 1 fully saturated rings. The van der Waals surface area contributed by atoms with Crippen LogP contribution in [-0.2, 0) is 26.9 Å². The van der Waals surface area contributed by atoms with E-state index in [-0.39, 0.29) is 24.4 Å². The molecule has 1 atom stereocenters. The summed E-state index contributed by atoms with van der Waals surface area (Å²) >= 11 is 0. The van der Waals surface area contributed by atoms with E-state index in [2.05, 4.69) is 0 Å². The Hall–Kier alpha value is -3.65. The van der Waals surface area contributed by atoms with Gasteiger partial charge < -0.3 is 19.0 Å². The predicted molar refractivity (Wildman–Crippen MR) is 130 cm³/mol. The number of carbonyl (C=O) groups is 2. The number of para-hydroxylation sites is 1. The minimum Gasteiger partial charge on any atom is -0.456 e. The van der Waals surface area contributed by atoms with E-state index in [0.717, 1.165) is 27.5 Å². The van der Waals surface area contributed by atoms with Gasteiger partial charge in [-0.1, -0.05) is 48.5 Å². The second kappa shape index (κ2) is 9.69. The van der Waals surface area contributed by atoms with Gasteiger partial charge in [-0.2, -0.15) is 0 Å². The zero-order valence-corrected chi connectivity index (χ0v) is 19.3. The molecule has 34 heavy (non-hydrogen) atoms. The van der Waals surface area contributed by atoms with E-state index in [1.54, 1.807) is 21.9 Å². The molecule has 0 saturated carbocycles. The molecule has 2 heterocycles. The summed E-state index contributed by atoms with van der Waals surface area (Å²) in [7, 11) is -1.48. The molecule has 5 rings (SSSR count). The van der Waals surface area contributed by atoms with E-state index in [0.29, 0.717) is 31.1 Å². The molecular weight excluding hydrogens is 452 g/mol. The molecule has 0 radical (unpaired) electrons. The minimum absolute atomic E-state index is 0.0975. The van der Waals surface area contributed by atoms with Gasteiger partial charge in [0, 0.05) is 41.8 Å². The highest BCUT2D eigenvalue weighted by molar-refractivity contribution is 7.85. The van der Waals surface area contributed by atoms with E-state index in [1.165, 1.54) is 0 Å². The Labute approximate surface area is 199 Å². The number of amides is 2. The molecule has 0 spiro atoms. The molecule has 1 aromatic heterocycles. The standard InChI is InChI=1S/C26H24N2O5S/c29-25(27-12-14-28(15-13-27)26(30)32-17-19-6-2-1-3-7-19)18-34(31)20-10-11-24-22(16-20)21-8-4-5-9-23(21)33-24/h1-11,16H,12-15,17-18H2. The van der Waals surface area contributed by atoms with E-state index in [1.807, 2.05) is 60.7 Å². The summed E-state index contributed by atoms with van der Waals surface area (Å²) in [5.74, 6) is -0.285. The fraction of sp³-hybridized carbons (Fsp3) is 0.231. The van der Waals surface area contributed by atoms with Crippen LogP contribution >= 0.6 is 0 Å². The number of furan rings is 1. The summed E-state index contributed by atoms with van der Waals surface area (Å²) in [6.45, 7) is 1.77. The summed E-state index contributed by atoms with van der Waals surface area (Å²) in [6, 6.07) is 22.6. The average Bonchev–Trinajstić information content (AvgIpc) is 3.26. The number of hydrogen-bond donors (Lipinski definition) is 0. The Balaban J connectivity index is 1.16. The van der Waals surface area contributed by atoms with Gasteiger partial charge >= 0.3 is 6.09 Å². The van der Waals surface area contributed by atoms with Crippen molar-refractivity contribution in [3.05, 3.63) is 78.4 Å². The van der Waals surface area contributed by atoms with Crippen LogP contribution in [0.1, 0.15) is 5.56 Å². The van der Waals surface area contributed by atoms with Gasteiger partial charge in [-0.3, -0.25) is 9.00 Å². The number of piperazine rings is 1. The fourth-order valence-corrected chi connectivity index (χ4v) is 5.13. The van der Waals surface area contributed by atoms with Crippen LogP contribution in [0.2, 0.25) is 0 Å². The maximum absolute atomic E-state index is 12.9. The van der Waals surface area contributed by atoms with Crippen molar-refractivity contribution in [3.8, 4) is 0 Å².